The van der Waals surface area contributed by atoms with Gasteiger partial charge in [0.1, 0.15) is 5.75 Å². The molecule has 24 heavy (non-hydrogen) atoms. The Morgan fingerprint density at radius 2 is 1.92 bits per heavy atom. The van der Waals surface area contributed by atoms with Gasteiger partial charge in [0.25, 0.3) is 0 Å². The molecule has 124 valence electrons. The molecule has 2 amide bonds. The normalized spacial score (nSPS) is 17.0. The smallest absolute Gasteiger partial charge is 0.229 e. The van der Waals surface area contributed by atoms with Gasteiger partial charge in [0.15, 0.2) is 0 Å². The number of benzene rings is 2. The Balaban J connectivity index is 1.69. The van der Waals surface area contributed by atoms with E-state index < -0.39 is 0 Å². The molecular formula is C18H17BrN2O3. The first-order valence-corrected chi connectivity index (χ1v) is 8.37. The molecule has 1 aliphatic rings. The van der Waals surface area contributed by atoms with Crippen LogP contribution in [0.1, 0.15) is 6.42 Å². The third-order valence-electron chi connectivity index (χ3n) is 4.01. The number of hydrogen-bond acceptors (Lipinski definition) is 3. The van der Waals surface area contributed by atoms with E-state index in [-0.39, 0.29) is 24.2 Å². The topological polar surface area (TPSA) is 58.6 Å². The second-order valence-electron chi connectivity index (χ2n) is 5.57. The van der Waals surface area contributed by atoms with Crippen LogP contribution in [0.5, 0.6) is 5.75 Å². The Bertz CT molecular complexity index is 761. The average molecular weight is 389 g/mol. The fraction of sp³-hybridized carbons (Fsp3) is 0.222. The average Bonchev–Trinajstić information content (AvgIpc) is 2.99. The predicted octanol–water partition coefficient (Wildman–Crippen LogP) is 3.45. The molecule has 1 heterocycles. The summed E-state index contributed by atoms with van der Waals surface area (Å²) in [5.41, 5.74) is 1.48. The molecule has 6 heteroatoms. The third-order valence-corrected chi connectivity index (χ3v) is 4.70. The Kier molecular flexibility index (Phi) is 4.85. The van der Waals surface area contributed by atoms with Crippen molar-refractivity contribution < 1.29 is 14.3 Å². The highest BCUT2D eigenvalue weighted by molar-refractivity contribution is 9.10. The molecule has 2 aromatic rings. The second kappa shape index (κ2) is 7.05. The van der Waals surface area contributed by atoms with Crippen LogP contribution in [-0.4, -0.2) is 25.5 Å². The van der Waals surface area contributed by atoms with Gasteiger partial charge in [-0.25, -0.2) is 0 Å². The largest absolute Gasteiger partial charge is 0.497 e. The number of ether oxygens (including phenoxy) is 1. The zero-order valence-corrected chi connectivity index (χ0v) is 14.7. The number of para-hydroxylation sites is 1. The summed E-state index contributed by atoms with van der Waals surface area (Å²) in [5, 5.41) is 2.88. The Morgan fingerprint density at radius 1 is 1.21 bits per heavy atom. The number of halogens is 1. The highest BCUT2D eigenvalue weighted by Crippen LogP contribution is 2.28. The van der Waals surface area contributed by atoms with Crippen molar-refractivity contribution in [1.82, 2.24) is 0 Å². The summed E-state index contributed by atoms with van der Waals surface area (Å²) in [6.45, 7) is 0.376. The van der Waals surface area contributed by atoms with Gasteiger partial charge < -0.3 is 15.0 Å². The first-order valence-electron chi connectivity index (χ1n) is 7.58. The molecule has 2 aromatic carbocycles. The molecule has 1 saturated heterocycles. The maximum atomic E-state index is 12.5. The lowest BCUT2D eigenvalue weighted by atomic mass is 10.1. The van der Waals surface area contributed by atoms with E-state index in [1.165, 1.54) is 0 Å². The van der Waals surface area contributed by atoms with Gasteiger partial charge in [-0.05, 0) is 52.3 Å². The Morgan fingerprint density at radius 3 is 2.58 bits per heavy atom. The zero-order valence-electron chi connectivity index (χ0n) is 13.2. The van der Waals surface area contributed by atoms with E-state index in [1.807, 2.05) is 36.4 Å². The van der Waals surface area contributed by atoms with Crippen molar-refractivity contribution in [1.29, 1.82) is 0 Å². The van der Waals surface area contributed by atoms with Crippen LogP contribution in [0.15, 0.2) is 53.0 Å². The summed E-state index contributed by atoms with van der Waals surface area (Å²) < 4.78 is 5.94. The first-order chi connectivity index (χ1) is 11.6. The summed E-state index contributed by atoms with van der Waals surface area (Å²) in [5.74, 6) is 0.166. The SMILES string of the molecule is COc1ccc(N2C[C@H](C(=O)Nc3ccccc3Br)CC2=O)cc1. The molecule has 0 saturated carbocycles. The number of amides is 2. The number of anilines is 2. The Hall–Kier alpha value is -2.34. The fourth-order valence-corrected chi connectivity index (χ4v) is 3.08. The number of nitrogens with one attached hydrogen (secondary N) is 1. The van der Waals surface area contributed by atoms with Crippen molar-refractivity contribution in [2.45, 2.75) is 6.42 Å². The van der Waals surface area contributed by atoms with Crippen LogP contribution in [0.3, 0.4) is 0 Å². The van der Waals surface area contributed by atoms with Crippen LogP contribution in [0, 0.1) is 5.92 Å². The van der Waals surface area contributed by atoms with Gasteiger partial charge in [0, 0.05) is 23.1 Å². The van der Waals surface area contributed by atoms with Crippen molar-refractivity contribution in [3.8, 4) is 5.75 Å². The molecule has 5 nitrogen and oxygen atoms in total. The molecule has 0 spiro atoms. The standard InChI is InChI=1S/C18H17BrN2O3/c1-24-14-8-6-13(7-9-14)21-11-12(10-17(21)22)18(23)20-16-5-3-2-4-15(16)19/h2-9,12H,10-11H2,1H3,(H,20,23)/t12-/m1/s1. The van der Waals surface area contributed by atoms with E-state index >= 15 is 0 Å². The number of carbonyl (C=O) groups excluding carboxylic acids is 2. The van der Waals surface area contributed by atoms with Crippen molar-refractivity contribution in [2.24, 2.45) is 5.92 Å². The van der Waals surface area contributed by atoms with E-state index in [4.69, 9.17) is 4.74 Å². The van der Waals surface area contributed by atoms with Crippen LogP contribution in [0.25, 0.3) is 0 Å². The van der Waals surface area contributed by atoms with Gasteiger partial charge in [-0.3, -0.25) is 9.59 Å². The minimum absolute atomic E-state index is 0.0487. The van der Waals surface area contributed by atoms with Gasteiger partial charge in [-0.1, -0.05) is 12.1 Å². The van der Waals surface area contributed by atoms with Crippen molar-refractivity contribution in [3.05, 3.63) is 53.0 Å². The molecule has 3 rings (SSSR count). The molecule has 0 unspecified atom stereocenters. The van der Waals surface area contributed by atoms with Crippen LogP contribution in [0.4, 0.5) is 11.4 Å². The van der Waals surface area contributed by atoms with E-state index in [9.17, 15) is 9.59 Å². The van der Waals surface area contributed by atoms with Crippen molar-refractivity contribution in [3.63, 3.8) is 0 Å². The van der Waals surface area contributed by atoms with Crippen molar-refractivity contribution >= 4 is 39.1 Å². The minimum Gasteiger partial charge on any atom is -0.497 e. The summed E-state index contributed by atoms with van der Waals surface area (Å²) in [6, 6.07) is 14.7. The molecule has 1 fully saturated rings. The third kappa shape index (κ3) is 3.43. The maximum Gasteiger partial charge on any atom is 0.229 e. The maximum absolute atomic E-state index is 12.5. The lowest BCUT2D eigenvalue weighted by molar-refractivity contribution is -0.122. The van der Waals surface area contributed by atoms with E-state index in [2.05, 4.69) is 21.2 Å². The quantitative estimate of drug-likeness (QED) is 0.872. The minimum atomic E-state index is -0.369. The lowest BCUT2D eigenvalue weighted by Gasteiger charge is -2.17. The summed E-state index contributed by atoms with van der Waals surface area (Å²) >= 11 is 3.40. The molecule has 1 aliphatic heterocycles. The number of methoxy groups -OCH3 is 1. The summed E-state index contributed by atoms with van der Waals surface area (Å²) in [4.78, 5) is 26.4. The first kappa shape index (κ1) is 16.5. The van der Waals surface area contributed by atoms with Crippen LogP contribution >= 0.6 is 15.9 Å². The van der Waals surface area contributed by atoms with E-state index in [1.54, 1.807) is 24.1 Å². The Labute approximate surface area is 148 Å². The van der Waals surface area contributed by atoms with Gasteiger partial charge in [-0.2, -0.15) is 0 Å². The van der Waals surface area contributed by atoms with Gasteiger partial charge in [-0.15, -0.1) is 0 Å². The predicted molar refractivity (Wildman–Crippen MR) is 96.2 cm³/mol. The van der Waals surface area contributed by atoms with Gasteiger partial charge in [0.05, 0.1) is 18.7 Å². The van der Waals surface area contributed by atoms with Crippen LogP contribution in [-0.2, 0) is 9.59 Å². The molecular weight excluding hydrogens is 372 g/mol. The highest BCUT2D eigenvalue weighted by atomic mass is 79.9. The molecule has 1 atom stereocenters. The molecule has 0 aliphatic carbocycles. The number of carbonyl (C=O) groups is 2. The van der Waals surface area contributed by atoms with Gasteiger partial charge >= 0.3 is 0 Å². The molecule has 0 radical (unpaired) electrons. The number of hydrogen-bond donors (Lipinski definition) is 1. The van der Waals surface area contributed by atoms with Gasteiger partial charge in [0.2, 0.25) is 11.8 Å². The van der Waals surface area contributed by atoms with Crippen LogP contribution in [0.2, 0.25) is 0 Å². The summed E-state index contributed by atoms with van der Waals surface area (Å²) in [6.07, 6.45) is 0.211. The molecule has 0 aromatic heterocycles. The van der Waals surface area contributed by atoms with E-state index in [0.29, 0.717) is 12.2 Å². The van der Waals surface area contributed by atoms with Crippen LogP contribution < -0.4 is 15.0 Å². The zero-order chi connectivity index (χ0) is 17.1. The number of rotatable bonds is 4. The van der Waals surface area contributed by atoms with Crippen molar-refractivity contribution in [2.75, 3.05) is 23.9 Å². The van der Waals surface area contributed by atoms with E-state index in [0.717, 1.165) is 15.9 Å². The summed E-state index contributed by atoms with van der Waals surface area (Å²) in [7, 11) is 1.60. The highest BCUT2D eigenvalue weighted by Gasteiger charge is 2.35. The molecule has 1 N–H and O–H groups in total. The fourth-order valence-electron chi connectivity index (χ4n) is 2.69. The number of nitrogens with zero attached hydrogens (tertiary/aromatic N) is 1. The molecule has 0 bridgehead atoms. The monoisotopic (exact) mass is 388 g/mol. The second-order valence-corrected chi connectivity index (χ2v) is 6.43. The lowest BCUT2D eigenvalue weighted by Crippen LogP contribution is -2.28.